The molecule has 2 rings (SSSR count). The SMILES string of the molecule is CCNC(=NCC1CC1)NCCNC(=O)Cc1ccc(F)cc1.I. The highest BCUT2D eigenvalue weighted by Crippen LogP contribution is 2.28. The van der Waals surface area contributed by atoms with E-state index in [-0.39, 0.29) is 42.1 Å². The van der Waals surface area contributed by atoms with E-state index in [9.17, 15) is 9.18 Å². The Kier molecular flexibility index (Phi) is 9.66. The Morgan fingerprint density at radius 2 is 1.83 bits per heavy atom. The summed E-state index contributed by atoms with van der Waals surface area (Å²) in [6.45, 7) is 4.85. The Bertz CT molecular complexity index is 532. The molecule has 0 spiro atoms. The monoisotopic (exact) mass is 448 g/mol. The smallest absolute Gasteiger partial charge is 0.224 e. The summed E-state index contributed by atoms with van der Waals surface area (Å²) in [5.41, 5.74) is 0.802. The first kappa shape index (κ1) is 20.7. The highest BCUT2D eigenvalue weighted by atomic mass is 127. The van der Waals surface area contributed by atoms with Crippen LogP contribution in [0.15, 0.2) is 29.3 Å². The minimum Gasteiger partial charge on any atom is -0.357 e. The van der Waals surface area contributed by atoms with E-state index < -0.39 is 0 Å². The van der Waals surface area contributed by atoms with Gasteiger partial charge < -0.3 is 16.0 Å². The maximum atomic E-state index is 12.8. The van der Waals surface area contributed by atoms with Gasteiger partial charge in [-0.3, -0.25) is 9.79 Å². The maximum Gasteiger partial charge on any atom is 0.224 e. The molecule has 0 saturated heterocycles. The molecule has 3 N–H and O–H groups in total. The predicted molar refractivity (Wildman–Crippen MR) is 105 cm³/mol. The van der Waals surface area contributed by atoms with E-state index >= 15 is 0 Å². The molecule has 0 radical (unpaired) electrons. The molecular formula is C17H26FIN4O. The Morgan fingerprint density at radius 3 is 2.46 bits per heavy atom. The van der Waals surface area contributed by atoms with Gasteiger partial charge in [0.2, 0.25) is 5.91 Å². The fraction of sp³-hybridized carbons (Fsp3) is 0.529. The van der Waals surface area contributed by atoms with Gasteiger partial charge in [0, 0.05) is 26.2 Å². The third kappa shape index (κ3) is 8.47. The largest absolute Gasteiger partial charge is 0.357 e. The first-order valence-electron chi connectivity index (χ1n) is 8.20. The number of benzene rings is 1. The molecule has 1 aliphatic carbocycles. The number of guanidine groups is 1. The second-order valence-corrected chi connectivity index (χ2v) is 5.74. The van der Waals surface area contributed by atoms with Gasteiger partial charge in [0.15, 0.2) is 5.96 Å². The number of nitrogens with one attached hydrogen (secondary N) is 3. The van der Waals surface area contributed by atoms with Gasteiger partial charge in [-0.05, 0) is 43.4 Å². The summed E-state index contributed by atoms with van der Waals surface area (Å²) in [7, 11) is 0. The number of rotatable bonds is 8. The zero-order valence-electron chi connectivity index (χ0n) is 14.0. The summed E-state index contributed by atoms with van der Waals surface area (Å²) in [5, 5.41) is 9.24. The molecule has 0 unspecified atom stereocenters. The van der Waals surface area contributed by atoms with Crippen LogP contribution in [0.25, 0.3) is 0 Å². The van der Waals surface area contributed by atoms with Gasteiger partial charge >= 0.3 is 0 Å². The average Bonchev–Trinajstić information content (AvgIpc) is 3.35. The lowest BCUT2D eigenvalue weighted by Crippen LogP contribution is -2.41. The number of carbonyl (C=O) groups is 1. The second kappa shape index (κ2) is 11.2. The second-order valence-electron chi connectivity index (χ2n) is 5.74. The molecule has 5 nitrogen and oxygen atoms in total. The van der Waals surface area contributed by atoms with Crippen molar-refractivity contribution in [3.05, 3.63) is 35.6 Å². The van der Waals surface area contributed by atoms with E-state index in [1.807, 2.05) is 6.92 Å². The molecule has 0 bridgehead atoms. The minimum absolute atomic E-state index is 0. The van der Waals surface area contributed by atoms with Crippen molar-refractivity contribution in [3.8, 4) is 0 Å². The third-order valence-corrected chi connectivity index (χ3v) is 3.57. The molecule has 24 heavy (non-hydrogen) atoms. The van der Waals surface area contributed by atoms with Crippen LogP contribution in [0.4, 0.5) is 4.39 Å². The van der Waals surface area contributed by atoms with Crippen LogP contribution in [-0.4, -0.2) is 38.0 Å². The summed E-state index contributed by atoms with van der Waals surface area (Å²) < 4.78 is 12.8. The quantitative estimate of drug-likeness (QED) is 0.247. The van der Waals surface area contributed by atoms with Crippen LogP contribution in [0.2, 0.25) is 0 Å². The van der Waals surface area contributed by atoms with Crippen molar-refractivity contribution in [2.24, 2.45) is 10.9 Å². The predicted octanol–water partition coefficient (Wildman–Crippen LogP) is 2.07. The zero-order chi connectivity index (χ0) is 16.5. The molecule has 1 amide bonds. The molecule has 1 aliphatic rings. The van der Waals surface area contributed by atoms with Crippen LogP contribution in [-0.2, 0) is 11.2 Å². The Hall–Kier alpha value is -1.38. The number of nitrogens with zero attached hydrogens (tertiary/aromatic N) is 1. The fourth-order valence-electron chi connectivity index (χ4n) is 2.10. The number of hydrogen-bond donors (Lipinski definition) is 3. The fourth-order valence-corrected chi connectivity index (χ4v) is 2.10. The molecule has 0 atom stereocenters. The first-order chi connectivity index (χ1) is 11.2. The summed E-state index contributed by atoms with van der Waals surface area (Å²) in [4.78, 5) is 16.3. The van der Waals surface area contributed by atoms with Gasteiger partial charge in [0.05, 0.1) is 6.42 Å². The molecule has 0 aromatic heterocycles. The Morgan fingerprint density at radius 1 is 1.17 bits per heavy atom. The molecule has 0 heterocycles. The van der Waals surface area contributed by atoms with Crippen molar-refractivity contribution in [1.82, 2.24) is 16.0 Å². The van der Waals surface area contributed by atoms with Crippen molar-refractivity contribution in [3.63, 3.8) is 0 Å². The summed E-state index contributed by atoms with van der Waals surface area (Å²) in [6, 6.07) is 5.98. The molecule has 0 aliphatic heterocycles. The lowest BCUT2D eigenvalue weighted by atomic mass is 10.1. The highest BCUT2D eigenvalue weighted by Gasteiger charge is 2.20. The van der Waals surface area contributed by atoms with Gasteiger partial charge in [-0.25, -0.2) is 4.39 Å². The molecule has 1 fully saturated rings. The summed E-state index contributed by atoms with van der Waals surface area (Å²) in [5.74, 6) is 1.19. The molecule has 1 aromatic rings. The van der Waals surface area contributed by atoms with Crippen LogP contribution < -0.4 is 16.0 Å². The van der Waals surface area contributed by atoms with Crippen molar-refractivity contribution in [2.45, 2.75) is 26.2 Å². The normalized spacial score (nSPS) is 13.8. The number of amides is 1. The number of carbonyl (C=O) groups excluding carboxylic acids is 1. The molecular weight excluding hydrogens is 422 g/mol. The van der Waals surface area contributed by atoms with E-state index in [4.69, 9.17) is 0 Å². The average molecular weight is 448 g/mol. The Balaban J connectivity index is 0.00000288. The lowest BCUT2D eigenvalue weighted by molar-refractivity contribution is -0.120. The minimum atomic E-state index is -0.292. The van der Waals surface area contributed by atoms with Crippen LogP contribution in [0.3, 0.4) is 0 Å². The number of hydrogen-bond acceptors (Lipinski definition) is 2. The van der Waals surface area contributed by atoms with Crippen LogP contribution in [0, 0.1) is 11.7 Å². The van der Waals surface area contributed by atoms with Crippen LogP contribution >= 0.6 is 24.0 Å². The Labute approximate surface area is 159 Å². The molecule has 7 heteroatoms. The van der Waals surface area contributed by atoms with Crippen molar-refractivity contribution >= 4 is 35.8 Å². The lowest BCUT2D eigenvalue weighted by Gasteiger charge is -2.11. The van der Waals surface area contributed by atoms with E-state index in [0.29, 0.717) is 13.1 Å². The standard InChI is InChI=1S/C17H25FN4O.HI/c1-2-19-17(22-12-14-3-4-14)21-10-9-20-16(23)11-13-5-7-15(18)8-6-13;/h5-8,14H,2-4,9-12H2,1H3,(H,20,23)(H2,19,21,22);1H. The van der Waals surface area contributed by atoms with Gasteiger partial charge in [-0.1, -0.05) is 12.1 Å². The van der Waals surface area contributed by atoms with Gasteiger partial charge in [-0.15, -0.1) is 24.0 Å². The van der Waals surface area contributed by atoms with Crippen molar-refractivity contribution < 1.29 is 9.18 Å². The molecule has 1 aromatic carbocycles. The molecule has 134 valence electrons. The summed E-state index contributed by atoms with van der Waals surface area (Å²) in [6.07, 6.45) is 2.82. The van der Waals surface area contributed by atoms with E-state index in [2.05, 4.69) is 20.9 Å². The van der Waals surface area contributed by atoms with E-state index in [1.54, 1.807) is 12.1 Å². The van der Waals surface area contributed by atoms with Gasteiger partial charge in [0.1, 0.15) is 5.82 Å². The van der Waals surface area contributed by atoms with E-state index in [1.165, 1.54) is 25.0 Å². The number of aliphatic imine (C=N–C) groups is 1. The van der Waals surface area contributed by atoms with Gasteiger partial charge in [-0.2, -0.15) is 0 Å². The van der Waals surface area contributed by atoms with E-state index in [0.717, 1.165) is 30.5 Å². The van der Waals surface area contributed by atoms with Crippen molar-refractivity contribution in [1.29, 1.82) is 0 Å². The van der Waals surface area contributed by atoms with Crippen LogP contribution in [0.1, 0.15) is 25.3 Å². The maximum absolute atomic E-state index is 12.8. The van der Waals surface area contributed by atoms with Crippen molar-refractivity contribution in [2.75, 3.05) is 26.2 Å². The van der Waals surface area contributed by atoms with Gasteiger partial charge in [0.25, 0.3) is 0 Å². The first-order valence-corrected chi connectivity index (χ1v) is 8.20. The van der Waals surface area contributed by atoms with Crippen LogP contribution in [0.5, 0.6) is 0 Å². The third-order valence-electron chi connectivity index (χ3n) is 3.57. The molecule has 1 saturated carbocycles. The topological polar surface area (TPSA) is 65.5 Å². The highest BCUT2D eigenvalue weighted by molar-refractivity contribution is 14.0. The zero-order valence-corrected chi connectivity index (χ0v) is 16.3. The number of halogens is 2. The summed E-state index contributed by atoms with van der Waals surface area (Å²) >= 11 is 0.